The molecule has 0 bridgehead atoms. The number of nitrogens with zero attached hydrogens (tertiary/aromatic N) is 3. The van der Waals surface area contributed by atoms with Crippen molar-refractivity contribution in [1.82, 2.24) is 0 Å². The zero-order valence-corrected chi connectivity index (χ0v) is 18.5. The molecule has 3 unspecified atom stereocenters. The lowest BCUT2D eigenvalue weighted by Gasteiger charge is -2.30. The second-order valence-electron chi connectivity index (χ2n) is 8.14. The Morgan fingerprint density at radius 3 is 2.21 bits per heavy atom. The number of nitro benzene ring substituents is 1. The minimum Gasteiger partial charge on any atom is -0.495 e. The number of hydrogen-bond donors (Lipinski definition) is 0. The van der Waals surface area contributed by atoms with Crippen molar-refractivity contribution < 1.29 is 24.1 Å². The number of imide groups is 1. The highest BCUT2D eigenvalue weighted by Gasteiger charge is 2.60. The van der Waals surface area contributed by atoms with Gasteiger partial charge >= 0.3 is 0 Å². The zero-order chi connectivity index (χ0) is 24.0. The van der Waals surface area contributed by atoms with Crippen LogP contribution in [0.1, 0.15) is 17.2 Å². The largest absolute Gasteiger partial charge is 0.495 e. The van der Waals surface area contributed by atoms with Crippen molar-refractivity contribution in [2.24, 2.45) is 5.92 Å². The number of aryl methyl sites for hydroxylation is 1. The SMILES string of the molecule is COc1ccccc1N1C(=O)C2ON(c3ccccc3C)C(c3ccc([N+](=O)[O-])cc3)C2C1=O. The van der Waals surface area contributed by atoms with E-state index in [0.29, 0.717) is 22.7 Å². The maximum Gasteiger partial charge on any atom is 0.269 e. The molecule has 0 spiro atoms. The summed E-state index contributed by atoms with van der Waals surface area (Å²) in [5, 5.41) is 12.7. The van der Waals surface area contributed by atoms with E-state index in [4.69, 9.17) is 9.57 Å². The number of hydrogen-bond acceptors (Lipinski definition) is 7. The molecule has 9 heteroatoms. The number of nitro groups is 1. The third-order valence-electron chi connectivity index (χ3n) is 6.24. The number of para-hydroxylation sites is 3. The van der Waals surface area contributed by atoms with Gasteiger partial charge in [-0.15, -0.1) is 0 Å². The Morgan fingerprint density at radius 2 is 1.56 bits per heavy atom. The molecule has 2 aliphatic heterocycles. The van der Waals surface area contributed by atoms with Gasteiger partial charge in [0.2, 0.25) is 5.91 Å². The number of amides is 2. The van der Waals surface area contributed by atoms with Crippen LogP contribution in [0.4, 0.5) is 17.1 Å². The first-order valence-corrected chi connectivity index (χ1v) is 10.7. The summed E-state index contributed by atoms with van der Waals surface area (Å²) in [6.07, 6.45) is -1.04. The topological polar surface area (TPSA) is 102 Å². The number of benzene rings is 3. The molecular formula is C25H21N3O6. The molecule has 2 heterocycles. The zero-order valence-electron chi connectivity index (χ0n) is 18.5. The number of fused-ring (bicyclic) bond motifs is 1. The normalized spacial score (nSPS) is 21.6. The van der Waals surface area contributed by atoms with E-state index >= 15 is 0 Å². The number of non-ortho nitro benzene ring substituents is 1. The summed E-state index contributed by atoms with van der Waals surface area (Å²) in [6, 6.07) is 19.6. The van der Waals surface area contributed by atoms with Crippen LogP contribution in [-0.4, -0.2) is 30.0 Å². The number of carbonyl (C=O) groups is 2. The summed E-state index contributed by atoms with van der Waals surface area (Å²) in [5.41, 5.74) is 2.53. The van der Waals surface area contributed by atoms with Gasteiger partial charge in [-0.05, 0) is 36.2 Å². The maximum absolute atomic E-state index is 13.7. The lowest BCUT2D eigenvalue weighted by molar-refractivity contribution is -0.384. The minimum absolute atomic E-state index is 0.0638. The van der Waals surface area contributed by atoms with Gasteiger partial charge < -0.3 is 4.74 Å². The minimum atomic E-state index is -1.04. The van der Waals surface area contributed by atoms with Crippen LogP contribution in [-0.2, 0) is 14.4 Å². The Kier molecular flexibility index (Phi) is 5.25. The molecule has 5 rings (SSSR count). The van der Waals surface area contributed by atoms with Gasteiger partial charge in [-0.25, -0.2) is 9.96 Å². The molecule has 3 aromatic rings. The summed E-state index contributed by atoms with van der Waals surface area (Å²) >= 11 is 0. The maximum atomic E-state index is 13.7. The second-order valence-corrected chi connectivity index (χ2v) is 8.14. The lowest BCUT2D eigenvalue weighted by Crippen LogP contribution is -2.37. The average molecular weight is 459 g/mol. The molecule has 2 aliphatic rings. The Morgan fingerprint density at radius 1 is 0.912 bits per heavy atom. The molecular weight excluding hydrogens is 438 g/mol. The van der Waals surface area contributed by atoms with E-state index in [1.165, 1.54) is 19.2 Å². The van der Waals surface area contributed by atoms with E-state index in [0.717, 1.165) is 10.5 Å². The molecule has 0 saturated carbocycles. The summed E-state index contributed by atoms with van der Waals surface area (Å²) in [7, 11) is 1.47. The first kappa shape index (κ1) is 21.6. The highest BCUT2D eigenvalue weighted by Crippen LogP contribution is 2.49. The first-order chi connectivity index (χ1) is 16.4. The van der Waals surface area contributed by atoms with Crippen molar-refractivity contribution in [3.05, 3.63) is 94.0 Å². The molecule has 3 aromatic carbocycles. The highest BCUT2D eigenvalue weighted by molar-refractivity contribution is 6.24. The van der Waals surface area contributed by atoms with Crippen LogP contribution in [0.3, 0.4) is 0 Å². The molecule has 0 aliphatic carbocycles. The van der Waals surface area contributed by atoms with E-state index < -0.39 is 34.8 Å². The summed E-state index contributed by atoms with van der Waals surface area (Å²) < 4.78 is 5.37. The van der Waals surface area contributed by atoms with Crippen LogP contribution in [0.2, 0.25) is 0 Å². The monoisotopic (exact) mass is 459 g/mol. The number of anilines is 2. The van der Waals surface area contributed by atoms with Gasteiger partial charge in [-0.1, -0.05) is 42.5 Å². The number of ether oxygens (including phenoxy) is 1. The van der Waals surface area contributed by atoms with Gasteiger partial charge in [0.1, 0.15) is 11.7 Å². The predicted molar refractivity (Wildman–Crippen MR) is 123 cm³/mol. The van der Waals surface area contributed by atoms with Gasteiger partial charge in [0, 0.05) is 12.1 Å². The number of hydroxylamine groups is 1. The highest BCUT2D eigenvalue weighted by atomic mass is 16.7. The van der Waals surface area contributed by atoms with Crippen LogP contribution in [0.15, 0.2) is 72.8 Å². The molecule has 2 fully saturated rings. The molecule has 0 N–H and O–H groups in total. The molecule has 0 radical (unpaired) electrons. The summed E-state index contributed by atoms with van der Waals surface area (Å²) in [5.74, 6) is -1.35. The van der Waals surface area contributed by atoms with E-state index in [1.54, 1.807) is 41.5 Å². The van der Waals surface area contributed by atoms with Crippen molar-refractivity contribution in [3.63, 3.8) is 0 Å². The summed E-state index contributed by atoms with van der Waals surface area (Å²) in [6.45, 7) is 1.91. The molecule has 3 atom stereocenters. The van der Waals surface area contributed by atoms with Crippen molar-refractivity contribution in [1.29, 1.82) is 0 Å². The average Bonchev–Trinajstić information content (AvgIpc) is 3.35. The Hall–Kier alpha value is -4.24. The molecule has 172 valence electrons. The Bertz CT molecular complexity index is 1290. The van der Waals surface area contributed by atoms with Crippen molar-refractivity contribution >= 4 is 28.9 Å². The summed E-state index contributed by atoms with van der Waals surface area (Å²) in [4.78, 5) is 45.1. The van der Waals surface area contributed by atoms with Crippen molar-refractivity contribution in [2.45, 2.75) is 19.1 Å². The van der Waals surface area contributed by atoms with Crippen molar-refractivity contribution in [3.8, 4) is 5.75 Å². The second kappa shape index (κ2) is 8.27. The van der Waals surface area contributed by atoms with Crippen LogP contribution in [0.5, 0.6) is 5.75 Å². The number of carbonyl (C=O) groups excluding carboxylic acids is 2. The van der Waals surface area contributed by atoms with Crippen LogP contribution < -0.4 is 14.7 Å². The first-order valence-electron chi connectivity index (χ1n) is 10.7. The van der Waals surface area contributed by atoms with Crippen molar-refractivity contribution in [2.75, 3.05) is 17.1 Å². The van der Waals surface area contributed by atoms with Gasteiger partial charge in [0.25, 0.3) is 11.6 Å². The van der Waals surface area contributed by atoms with Gasteiger partial charge in [0.05, 0.1) is 29.4 Å². The molecule has 34 heavy (non-hydrogen) atoms. The third-order valence-corrected chi connectivity index (χ3v) is 6.24. The van der Waals surface area contributed by atoms with Gasteiger partial charge in [0.15, 0.2) is 6.10 Å². The standard InChI is InChI=1S/C25H21N3O6/c1-15-7-3-4-8-18(15)27-22(16-11-13-17(14-12-16)28(31)32)21-23(34-27)25(30)26(24(21)29)19-9-5-6-10-20(19)33-2/h3-14,21-23H,1-2H3. The fourth-order valence-electron chi connectivity index (χ4n) is 4.62. The Balaban J connectivity index is 1.61. The fraction of sp³-hybridized carbons (Fsp3) is 0.200. The van der Waals surface area contributed by atoms with E-state index in [9.17, 15) is 19.7 Å². The quantitative estimate of drug-likeness (QED) is 0.323. The van der Waals surface area contributed by atoms with E-state index in [1.807, 2.05) is 31.2 Å². The van der Waals surface area contributed by atoms with Gasteiger partial charge in [-0.2, -0.15) is 0 Å². The predicted octanol–water partition coefficient (Wildman–Crippen LogP) is 3.96. The fourth-order valence-corrected chi connectivity index (χ4v) is 4.62. The van der Waals surface area contributed by atoms with E-state index in [2.05, 4.69) is 0 Å². The third kappa shape index (κ3) is 3.29. The number of methoxy groups -OCH3 is 1. The lowest BCUT2D eigenvalue weighted by atomic mass is 9.90. The van der Waals surface area contributed by atoms with Crippen LogP contribution in [0.25, 0.3) is 0 Å². The molecule has 0 aromatic heterocycles. The van der Waals surface area contributed by atoms with E-state index in [-0.39, 0.29) is 5.69 Å². The molecule has 2 saturated heterocycles. The van der Waals surface area contributed by atoms with Crippen LogP contribution in [0, 0.1) is 23.0 Å². The smallest absolute Gasteiger partial charge is 0.269 e. The van der Waals surface area contributed by atoms with Gasteiger partial charge in [-0.3, -0.25) is 24.5 Å². The molecule has 9 nitrogen and oxygen atoms in total. The van der Waals surface area contributed by atoms with Crippen LogP contribution >= 0.6 is 0 Å². The molecule has 2 amide bonds. The Labute approximate surface area is 195 Å². The number of rotatable bonds is 5.